The molecule has 0 saturated carbocycles. The van der Waals surface area contributed by atoms with E-state index < -0.39 is 17.2 Å². The number of hydrogen-bond donors (Lipinski definition) is 0. The Kier molecular flexibility index (Phi) is 4.05. The highest BCUT2D eigenvalue weighted by atomic mass is 19.1. The molecule has 6 rings (SSSR count). The number of piperidine rings is 1. The Labute approximate surface area is 177 Å². The van der Waals surface area contributed by atoms with Gasteiger partial charge in [-0.2, -0.15) is 5.10 Å². The van der Waals surface area contributed by atoms with Crippen molar-refractivity contribution in [3.63, 3.8) is 0 Å². The van der Waals surface area contributed by atoms with Crippen molar-refractivity contribution >= 4 is 17.2 Å². The van der Waals surface area contributed by atoms with Crippen LogP contribution in [0.2, 0.25) is 0 Å². The zero-order valence-corrected chi connectivity index (χ0v) is 16.7. The molecule has 1 aromatic carbocycles. The van der Waals surface area contributed by atoms with Crippen LogP contribution in [0.3, 0.4) is 0 Å². The van der Waals surface area contributed by atoms with Gasteiger partial charge in [-0.25, -0.2) is 18.3 Å². The number of carbonyl (C=O) groups excluding carboxylic acids is 1. The molecule has 5 heterocycles. The molecular formula is C22H21F2N5O2. The number of anilines is 1. The zero-order valence-electron chi connectivity index (χ0n) is 16.7. The first-order chi connectivity index (χ1) is 15.0. The third-order valence-corrected chi connectivity index (χ3v) is 6.77. The molecule has 3 fully saturated rings. The van der Waals surface area contributed by atoms with Gasteiger partial charge in [-0.15, -0.1) is 0 Å². The fourth-order valence-corrected chi connectivity index (χ4v) is 5.32. The lowest BCUT2D eigenvalue weighted by Crippen LogP contribution is -2.50. The van der Waals surface area contributed by atoms with Crippen LogP contribution in [0.1, 0.15) is 37.3 Å². The lowest BCUT2D eigenvalue weighted by molar-refractivity contribution is -0.140. The molecule has 0 N–H and O–H groups in total. The Morgan fingerprint density at radius 3 is 2.61 bits per heavy atom. The van der Waals surface area contributed by atoms with E-state index in [4.69, 9.17) is 4.74 Å². The first kappa shape index (κ1) is 18.7. The van der Waals surface area contributed by atoms with Crippen molar-refractivity contribution in [1.82, 2.24) is 19.5 Å². The van der Waals surface area contributed by atoms with Crippen LogP contribution in [0, 0.1) is 11.6 Å². The van der Waals surface area contributed by atoms with Gasteiger partial charge in [0.15, 0.2) is 11.2 Å². The molecule has 160 valence electrons. The lowest BCUT2D eigenvalue weighted by Gasteiger charge is -2.38. The predicted molar refractivity (Wildman–Crippen MR) is 107 cm³/mol. The molecule has 7 nitrogen and oxygen atoms in total. The number of imidazole rings is 1. The highest BCUT2D eigenvalue weighted by Crippen LogP contribution is 2.48. The van der Waals surface area contributed by atoms with Gasteiger partial charge in [0, 0.05) is 44.4 Å². The Balaban J connectivity index is 1.24. The van der Waals surface area contributed by atoms with Gasteiger partial charge in [0.1, 0.15) is 17.9 Å². The molecular weight excluding hydrogens is 404 g/mol. The van der Waals surface area contributed by atoms with Gasteiger partial charge >= 0.3 is 0 Å². The number of aromatic nitrogens is 3. The summed E-state index contributed by atoms with van der Waals surface area (Å²) in [5, 5.41) is 4.26. The lowest BCUT2D eigenvalue weighted by atomic mass is 9.89. The standard InChI is InChI=1S/C22H21F2N5O2/c23-15-11-14(12-16(24)13-15)17-1-2-19-29(17)21(30)22(31-19)4-8-27(9-5-22)18-3-6-26-28-10-7-25-20(18)28/h3,6-7,10-13,17,19H,1-2,4-5,8-9H2. The molecule has 9 heteroatoms. The van der Waals surface area contributed by atoms with Crippen molar-refractivity contribution in [2.24, 2.45) is 0 Å². The molecule has 3 aliphatic rings. The average Bonchev–Trinajstić information content (AvgIpc) is 3.45. The minimum Gasteiger partial charge on any atom is -0.368 e. The molecule has 2 unspecified atom stereocenters. The number of amides is 1. The van der Waals surface area contributed by atoms with Crippen LogP contribution in [0.5, 0.6) is 0 Å². The first-order valence-corrected chi connectivity index (χ1v) is 10.5. The Morgan fingerprint density at radius 2 is 1.84 bits per heavy atom. The zero-order chi connectivity index (χ0) is 21.2. The summed E-state index contributed by atoms with van der Waals surface area (Å²) < 4.78 is 35.6. The van der Waals surface area contributed by atoms with Gasteiger partial charge in [0.05, 0.1) is 17.9 Å². The molecule has 3 saturated heterocycles. The predicted octanol–water partition coefficient (Wildman–Crippen LogP) is 3.07. The van der Waals surface area contributed by atoms with Crippen LogP contribution in [0.4, 0.5) is 14.5 Å². The number of benzene rings is 1. The number of hydrogen-bond acceptors (Lipinski definition) is 5. The minimum atomic E-state index is -0.871. The van der Waals surface area contributed by atoms with Gasteiger partial charge < -0.3 is 14.5 Å². The number of fused-ring (bicyclic) bond motifs is 2. The van der Waals surface area contributed by atoms with E-state index >= 15 is 0 Å². The van der Waals surface area contributed by atoms with Gasteiger partial charge in [-0.1, -0.05) is 0 Å². The van der Waals surface area contributed by atoms with Crippen LogP contribution in [0.15, 0.2) is 42.9 Å². The molecule has 0 bridgehead atoms. The third kappa shape index (κ3) is 2.83. The topological polar surface area (TPSA) is 63.0 Å². The van der Waals surface area contributed by atoms with Crippen LogP contribution >= 0.6 is 0 Å². The number of carbonyl (C=O) groups is 1. The van der Waals surface area contributed by atoms with E-state index in [-0.39, 0.29) is 18.2 Å². The minimum absolute atomic E-state index is 0.0648. The molecule has 0 aliphatic carbocycles. The average molecular weight is 425 g/mol. The Bertz CT molecular complexity index is 1150. The largest absolute Gasteiger partial charge is 0.368 e. The molecule has 1 spiro atoms. The summed E-state index contributed by atoms with van der Waals surface area (Å²) in [7, 11) is 0. The van der Waals surface area contributed by atoms with E-state index in [0.29, 0.717) is 44.3 Å². The molecule has 3 aromatic rings. The van der Waals surface area contributed by atoms with E-state index in [0.717, 1.165) is 17.4 Å². The van der Waals surface area contributed by atoms with Crippen molar-refractivity contribution in [2.75, 3.05) is 18.0 Å². The van der Waals surface area contributed by atoms with Crippen molar-refractivity contribution in [2.45, 2.75) is 43.6 Å². The highest BCUT2D eigenvalue weighted by Gasteiger charge is 2.58. The van der Waals surface area contributed by atoms with Crippen molar-refractivity contribution in [3.8, 4) is 0 Å². The Hall–Kier alpha value is -3.07. The van der Waals surface area contributed by atoms with Gasteiger partial charge in [-0.3, -0.25) is 4.79 Å². The van der Waals surface area contributed by atoms with E-state index in [1.165, 1.54) is 12.1 Å². The van der Waals surface area contributed by atoms with Crippen LogP contribution < -0.4 is 4.90 Å². The van der Waals surface area contributed by atoms with E-state index in [2.05, 4.69) is 15.0 Å². The van der Waals surface area contributed by atoms with Crippen LogP contribution in [-0.2, 0) is 9.53 Å². The van der Waals surface area contributed by atoms with Gasteiger partial charge in [0.25, 0.3) is 5.91 Å². The SMILES string of the molecule is O=C1N2C(CCC2c2cc(F)cc(F)c2)OC12CCN(c1ccnn3ccnc13)CC2. The van der Waals surface area contributed by atoms with Gasteiger partial charge in [-0.05, 0) is 36.6 Å². The van der Waals surface area contributed by atoms with E-state index in [1.807, 2.05) is 6.07 Å². The third-order valence-electron chi connectivity index (χ3n) is 6.77. The maximum Gasteiger partial charge on any atom is 0.257 e. The van der Waals surface area contributed by atoms with E-state index in [9.17, 15) is 13.6 Å². The number of ether oxygens (including phenoxy) is 1. The second-order valence-corrected chi connectivity index (χ2v) is 8.47. The summed E-state index contributed by atoms with van der Waals surface area (Å²) in [6.07, 6.45) is 7.33. The second-order valence-electron chi connectivity index (χ2n) is 8.47. The smallest absolute Gasteiger partial charge is 0.257 e. The number of nitrogens with zero attached hydrogens (tertiary/aromatic N) is 5. The summed E-state index contributed by atoms with van der Waals surface area (Å²) in [6, 6.07) is 5.06. The van der Waals surface area contributed by atoms with Crippen LogP contribution in [-0.4, -0.2) is 50.3 Å². The summed E-state index contributed by atoms with van der Waals surface area (Å²) in [5.74, 6) is -1.32. The summed E-state index contributed by atoms with van der Waals surface area (Å²) in [4.78, 5) is 21.8. The van der Waals surface area contributed by atoms with Crippen molar-refractivity contribution < 1.29 is 18.3 Å². The molecule has 1 amide bonds. The van der Waals surface area contributed by atoms with E-state index in [1.54, 1.807) is 28.0 Å². The highest BCUT2D eigenvalue weighted by molar-refractivity contribution is 5.88. The number of rotatable bonds is 2. The summed E-state index contributed by atoms with van der Waals surface area (Å²) in [6.45, 7) is 1.30. The normalized spacial score (nSPS) is 25.0. The first-order valence-electron chi connectivity index (χ1n) is 10.5. The van der Waals surface area contributed by atoms with Crippen molar-refractivity contribution in [1.29, 1.82) is 0 Å². The van der Waals surface area contributed by atoms with Gasteiger partial charge in [0.2, 0.25) is 0 Å². The second kappa shape index (κ2) is 6.71. The summed E-state index contributed by atoms with van der Waals surface area (Å²) >= 11 is 0. The fraction of sp³-hybridized carbons (Fsp3) is 0.409. The maximum absolute atomic E-state index is 13.8. The van der Waals surface area contributed by atoms with Crippen LogP contribution in [0.25, 0.3) is 5.65 Å². The molecule has 2 aromatic heterocycles. The molecule has 2 atom stereocenters. The van der Waals surface area contributed by atoms with Crippen molar-refractivity contribution in [3.05, 3.63) is 60.1 Å². The Morgan fingerprint density at radius 1 is 1.06 bits per heavy atom. The molecule has 31 heavy (non-hydrogen) atoms. The number of halogens is 2. The maximum atomic E-state index is 13.8. The monoisotopic (exact) mass is 425 g/mol. The molecule has 3 aliphatic heterocycles. The fourth-order valence-electron chi connectivity index (χ4n) is 5.32. The quantitative estimate of drug-likeness (QED) is 0.632. The summed E-state index contributed by atoms with van der Waals surface area (Å²) in [5.41, 5.74) is 1.38. The molecule has 0 radical (unpaired) electrons.